The third-order valence-electron chi connectivity index (χ3n) is 4.01. The first-order chi connectivity index (χ1) is 11.8. The Morgan fingerprint density at radius 2 is 1.96 bits per heavy atom. The molecule has 0 aliphatic carbocycles. The molecule has 0 spiro atoms. The zero-order valence-corrected chi connectivity index (χ0v) is 14.4. The first-order valence-electron chi connectivity index (χ1n) is 8.00. The Balaban J connectivity index is 2.20. The maximum atomic E-state index is 12.2. The van der Waals surface area contributed by atoms with Gasteiger partial charge in [-0.1, -0.05) is 13.0 Å². The number of H-pyrrole nitrogens is 1. The Hall–Kier alpha value is -2.96. The number of aromatic amines is 1. The van der Waals surface area contributed by atoms with E-state index in [0.29, 0.717) is 24.0 Å². The minimum atomic E-state index is -1.06. The highest BCUT2D eigenvalue weighted by Gasteiger charge is 2.19. The second-order valence-corrected chi connectivity index (χ2v) is 5.95. The summed E-state index contributed by atoms with van der Waals surface area (Å²) in [4.78, 5) is 35.1. The van der Waals surface area contributed by atoms with Crippen LogP contribution < -0.4 is 10.9 Å². The van der Waals surface area contributed by atoms with E-state index in [-0.39, 0.29) is 5.56 Å². The molecule has 7 nitrogen and oxygen atoms in total. The average molecular weight is 343 g/mol. The van der Waals surface area contributed by atoms with E-state index in [0.717, 1.165) is 16.8 Å². The molecule has 0 saturated carbocycles. The van der Waals surface area contributed by atoms with E-state index in [4.69, 9.17) is 5.11 Å². The lowest BCUT2D eigenvalue weighted by Gasteiger charge is -2.13. The van der Waals surface area contributed by atoms with E-state index in [2.05, 4.69) is 15.5 Å². The Kier molecular flexibility index (Phi) is 5.69. The van der Waals surface area contributed by atoms with Crippen LogP contribution in [-0.4, -0.2) is 33.2 Å². The molecule has 7 heteroatoms. The van der Waals surface area contributed by atoms with Crippen LogP contribution in [0.4, 0.5) is 0 Å². The molecule has 0 saturated heterocycles. The van der Waals surface area contributed by atoms with Gasteiger partial charge < -0.3 is 10.4 Å². The van der Waals surface area contributed by atoms with Crippen molar-refractivity contribution in [3.63, 3.8) is 0 Å². The Morgan fingerprint density at radius 3 is 2.56 bits per heavy atom. The molecule has 1 atom stereocenters. The maximum Gasteiger partial charge on any atom is 0.326 e. The number of nitrogens with zero attached hydrogens (tertiary/aromatic N) is 1. The highest BCUT2D eigenvalue weighted by molar-refractivity contribution is 5.96. The molecule has 25 heavy (non-hydrogen) atoms. The van der Waals surface area contributed by atoms with Crippen LogP contribution in [0.25, 0.3) is 0 Å². The third kappa shape index (κ3) is 4.53. The lowest BCUT2D eigenvalue weighted by Crippen LogP contribution is -2.40. The number of hydrogen-bond donors (Lipinski definition) is 3. The Labute approximate surface area is 145 Å². The van der Waals surface area contributed by atoms with Gasteiger partial charge in [0.15, 0.2) is 0 Å². The first kappa shape index (κ1) is 18.4. The van der Waals surface area contributed by atoms with Crippen molar-refractivity contribution in [3.8, 4) is 0 Å². The number of benzene rings is 1. The summed E-state index contributed by atoms with van der Waals surface area (Å²) < 4.78 is 0. The zero-order valence-electron chi connectivity index (χ0n) is 14.4. The molecule has 2 aromatic rings. The molecular formula is C18H21N3O4. The Bertz CT molecular complexity index is 858. The van der Waals surface area contributed by atoms with Gasteiger partial charge in [-0.2, -0.15) is 5.10 Å². The number of amides is 1. The van der Waals surface area contributed by atoms with Gasteiger partial charge in [0.25, 0.3) is 11.5 Å². The second-order valence-electron chi connectivity index (χ2n) is 5.95. The number of aromatic nitrogens is 2. The summed E-state index contributed by atoms with van der Waals surface area (Å²) in [6.07, 6.45) is 0.738. The van der Waals surface area contributed by atoms with Crippen molar-refractivity contribution in [2.75, 3.05) is 0 Å². The smallest absolute Gasteiger partial charge is 0.326 e. The van der Waals surface area contributed by atoms with Gasteiger partial charge >= 0.3 is 5.97 Å². The number of hydrogen-bond acceptors (Lipinski definition) is 4. The number of nitrogens with one attached hydrogen (secondary N) is 2. The highest BCUT2D eigenvalue weighted by atomic mass is 16.4. The van der Waals surface area contributed by atoms with E-state index in [1.165, 1.54) is 0 Å². The van der Waals surface area contributed by atoms with Crippen LogP contribution in [0.3, 0.4) is 0 Å². The van der Waals surface area contributed by atoms with E-state index < -0.39 is 17.9 Å². The van der Waals surface area contributed by atoms with Gasteiger partial charge in [-0.25, -0.2) is 9.89 Å². The largest absolute Gasteiger partial charge is 0.480 e. The average Bonchev–Trinajstić information content (AvgIpc) is 2.57. The van der Waals surface area contributed by atoms with Crippen LogP contribution in [0.1, 0.15) is 46.1 Å². The fraction of sp³-hybridized carbons (Fsp3) is 0.333. The highest BCUT2D eigenvalue weighted by Crippen LogP contribution is 2.15. The number of carbonyl (C=O) groups is 2. The molecule has 1 heterocycles. The van der Waals surface area contributed by atoms with Gasteiger partial charge in [-0.3, -0.25) is 9.59 Å². The first-order valence-corrected chi connectivity index (χ1v) is 8.00. The van der Waals surface area contributed by atoms with Crippen LogP contribution in [0.5, 0.6) is 0 Å². The SMILES string of the molecule is CC[C@@H](NC(=O)c1ccc(Cc2cc(C)n[nH]c2=O)c(C)c1)C(=O)O. The number of rotatable bonds is 6. The maximum absolute atomic E-state index is 12.2. The van der Waals surface area contributed by atoms with Gasteiger partial charge in [0, 0.05) is 17.5 Å². The molecule has 0 unspecified atom stereocenters. The summed E-state index contributed by atoms with van der Waals surface area (Å²) in [7, 11) is 0. The summed E-state index contributed by atoms with van der Waals surface area (Å²) in [5.41, 5.74) is 3.25. The number of carboxylic acids is 1. The normalized spacial score (nSPS) is 11.8. The van der Waals surface area contributed by atoms with Gasteiger partial charge in [0.05, 0.1) is 5.69 Å². The van der Waals surface area contributed by atoms with E-state index in [9.17, 15) is 14.4 Å². The molecule has 0 aliphatic rings. The lowest BCUT2D eigenvalue weighted by atomic mass is 9.98. The predicted molar refractivity (Wildman–Crippen MR) is 92.8 cm³/mol. The third-order valence-corrected chi connectivity index (χ3v) is 4.01. The quantitative estimate of drug-likeness (QED) is 0.737. The van der Waals surface area contributed by atoms with Crippen molar-refractivity contribution in [3.05, 3.63) is 62.6 Å². The van der Waals surface area contributed by atoms with Gasteiger partial charge in [-0.05, 0) is 49.6 Å². The van der Waals surface area contributed by atoms with Gasteiger partial charge in [0.1, 0.15) is 6.04 Å². The van der Waals surface area contributed by atoms with Crippen molar-refractivity contribution < 1.29 is 14.7 Å². The molecule has 0 bridgehead atoms. The molecule has 2 rings (SSSR count). The van der Waals surface area contributed by atoms with Crippen molar-refractivity contribution in [2.24, 2.45) is 0 Å². The molecule has 0 radical (unpaired) electrons. The van der Waals surface area contributed by atoms with Crippen LogP contribution in [0, 0.1) is 13.8 Å². The topological polar surface area (TPSA) is 112 Å². The molecule has 132 valence electrons. The summed E-state index contributed by atoms with van der Waals surface area (Å²) in [5.74, 6) is -1.49. The van der Waals surface area contributed by atoms with E-state index in [1.54, 1.807) is 38.1 Å². The summed E-state index contributed by atoms with van der Waals surface area (Å²) >= 11 is 0. The summed E-state index contributed by atoms with van der Waals surface area (Å²) in [6.45, 7) is 5.34. The fourth-order valence-corrected chi connectivity index (χ4v) is 2.51. The standard InChI is InChI=1S/C18H21N3O4/c1-4-15(18(24)25)19-16(22)13-6-5-12(10(2)7-13)9-14-8-11(3)20-21-17(14)23/h5-8,15H,4,9H2,1-3H3,(H,19,22)(H,21,23)(H,24,25)/t15-/m1/s1. The molecule has 3 N–H and O–H groups in total. The minimum Gasteiger partial charge on any atom is -0.480 e. The predicted octanol–water partition coefficient (Wildman–Crippen LogP) is 1.57. The summed E-state index contributed by atoms with van der Waals surface area (Å²) in [6, 6.07) is 5.93. The van der Waals surface area contributed by atoms with Crippen molar-refractivity contribution in [1.82, 2.24) is 15.5 Å². The molecule has 0 fully saturated rings. The number of carbonyl (C=O) groups excluding carboxylic acids is 1. The van der Waals surface area contributed by atoms with Crippen LogP contribution >= 0.6 is 0 Å². The second kappa shape index (κ2) is 7.74. The molecule has 1 amide bonds. The van der Waals surface area contributed by atoms with Gasteiger partial charge in [0.2, 0.25) is 0 Å². The summed E-state index contributed by atoms with van der Waals surface area (Å²) in [5, 5.41) is 17.8. The van der Waals surface area contributed by atoms with E-state index >= 15 is 0 Å². The van der Waals surface area contributed by atoms with E-state index in [1.807, 2.05) is 6.92 Å². The molecular weight excluding hydrogens is 322 g/mol. The van der Waals surface area contributed by atoms with Crippen LogP contribution in [-0.2, 0) is 11.2 Å². The number of aryl methyl sites for hydroxylation is 2. The molecule has 1 aromatic carbocycles. The number of carboxylic acid groups (broad SMARTS) is 1. The number of aliphatic carboxylic acids is 1. The van der Waals surface area contributed by atoms with Crippen LogP contribution in [0.15, 0.2) is 29.1 Å². The molecule has 1 aromatic heterocycles. The minimum absolute atomic E-state index is 0.237. The van der Waals surface area contributed by atoms with Crippen LogP contribution in [0.2, 0.25) is 0 Å². The lowest BCUT2D eigenvalue weighted by molar-refractivity contribution is -0.139. The molecule has 0 aliphatic heterocycles. The van der Waals surface area contributed by atoms with Gasteiger partial charge in [-0.15, -0.1) is 0 Å². The van der Waals surface area contributed by atoms with Crippen molar-refractivity contribution in [1.29, 1.82) is 0 Å². The fourth-order valence-electron chi connectivity index (χ4n) is 2.51. The van der Waals surface area contributed by atoms with Crippen molar-refractivity contribution >= 4 is 11.9 Å². The monoisotopic (exact) mass is 343 g/mol. The van der Waals surface area contributed by atoms with Crippen molar-refractivity contribution in [2.45, 2.75) is 39.7 Å². The Morgan fingerprint density at radius 1 is 1.24 bits per heavy atom. The zero-order chi connectivity index (χ0) is 18.6.